The van der Waals surface area contributed by atoms with E-state index in [-0.39, 0.29) is 6.04 Å². The van der Waals surface area contributed by atoms with Gasteiger partial charge in [0.25, 0.3) is 0 Å². The van der Waals surface area contributed by atoms with Gasteiger partial charge in [0, 0.05) is 41.2 Å². The Morgan fingerprint density at radius 2 is 1.91 bits per heavy atom. The van der Waals surface area contributed by atoms with Crippen LogP contribution in [0.3, 0.4) is 0 Å². The van der Waals surface area contributed by atoms with Gasteiger partial charge in [0.15, 0.2) is 5.82 Å². The molecule has 0 unspecified atom stereocenters. The molecule has 1 aliphatic rings. The van der Waals surface area contributed by atoms with E-state index in [1.807, 2.05) is 23.7 Å². The molecule has 0 saturated carbocycles. The van der Waals surface area contributed by atoms with Crippen molar-refractivity contribution in [3.8, 4) is 33.3 Å². The van der Waals surface area contributed by atoms with E-state index in [4.69, 9.17) is 15.7 Å². The van der Waals surface area contributed by atoms with Crippen molar-refractivity contribution in [2.45, 2.75) is 6.04 Å². The number of hydrogen-bond donors (Lipinski definition) is 3. The zero-order valence-corrected chi connectivity index (χ0v) is 18.6. The summed E-state index contributed by atoms with van der Waals surface area (Å²) >= 11 is 1.66. The van der Waals surface area contributed by atoms with E-state index < -0.39 is 0 Å². The normalized spacial score (nSPS) is 14.2. The average Bonchev–Trinajstić information content (AvgIpc) is 3.60. The van der Waals surface area contributed by atoms with Crippen LogP contribution in [0.25, 0.3) is 55.3 Å². The van der Waals surface area contributed by atoms with Gasteiger partial charge in [-0.2, -0.15) is 5.10 Å². The van der Waals surface area contributed by atoms with Gasteiger partial charge in [0.05, 0.1) is 41.5 Å². The number of pyridine rings is 2. The standard InChI is InChI=1S/C23H18N10S/c24-12-10-33(11-12)20-9-26-6-17(28-20)15-4-13-16(8-27-15)31-32-22(13)23-29-18-7-25-5-14(21(18)30-23)19-2-1-3-34-19/h1-9,12H,10-11,24H2,(H,29,30)(H,31,32). The lowest BCUT2D eigenvalue weighted by Crippen LogP contribution is -2.56. The van der Waals surface area contributed by atoms with Gasteiger partial charge in [-0.1, -0.05) is 6.07 Å². The number of H-pyrrole nitrogens is 2. The van der Waals surface area contributed by atoms with Gasteiger partial charge >= 0.3 is 0 Å². The highest BCUT2D eigenvalue weighted by Gasteiger charge is 2.25. The van der Waals surface area contributed by atoms with E-state index in [0.717, 1.165) is 51.3 Å². The van der Waals surface area contributed by atoms with Crippen molar-refractivity contribution in [3.63, 3.8) is 0 Å². The van der Waals surface area contributed by atoms with Crippen LogP contribution in [0.15, 0.2) is 54.6 Å². The first-order valence-corrected chi connectivity index (χ1v) is 11.7. The second-order valence-electron chi connectivity index (χ2n) is 8.26. The first kappa shape index (κ1) is 19.3. The fraction of sp³-hybridized carbons (Fsp3) is 0.130. The third kappa shape index (κ3) is 3.05. The van der Waals surface area contributed by atoms with Crippen LogP contribution in [0.5, 0.6) is 0 Å². The molecule has 0 aliphatic carbocycles. The smallest absolute Gasteiger partial charge is 0.159 e. The molecule has 1 fully saturated rings. The lowest BCUT2D eigenvalue weighted by atomic mass is 10.1. The van der Waals surface area contributed by atoms with Gasteiger partial charge in [-0.15, -0.1) is 11.3 Å². The molecule has 34 heavy (non-hydrogen) atoms. The number of aromatic nitrogens is 8. The molecule has 10 nitrogen and oxygen atoms in total. The molecule has 166 valence electrons. The summed E-state index contributed by atoms with van der Waals surface area (Å²) in [5.41, 5.74) is 11.6. The highest BCUT2D eigenvalue weighted by Crippen LogP contribution is 2.33. The molecular formula is C23H18N10S. The Morgan fingerprint density at radius 3 is 2.76 bits per heavy atom. The number of thiophene rings is 1. The molecule has 1 saturated heterocycles. The summed E-state index contributed by atoms with van der Waals surface area (Å²) in [7, 11) is 0. The first-order valence-electron chi connectivity index (χ1n) is 10.8. The Morgan fingerprint density at radius 1 is 1.00 bits per heavy atom. The number of imidazole rings is 1. The van der Waals surface area contributed by atoms with Gasteiger partial charge < -0.3 is 15.6 Å². The van der Waals surface area contributed by atoms with Gasteiger partial charge in [0.1, 0.15) is 22.7 Å². The van der Waals surface area contributed by atoms with E-state index >= 15 is 0 Å². The molecule has 11 heteroatoms. The predicted molar refractivity (Wildman–Crippen MR) is 131 cm³/mol. The van der Waals surface area contributed by atoms with Gasteiger partial charge in [-0.25, -0.2) is 9.97 Å². The fourth-order valence-electron chi connectivity index (χ4n) is 4.23. The number of fused-ring (bicyclic) bond motifs is 2. The number of nitrogens with zero attached hydrogens (tertiary/aromatic N) is 7. The summed E-state index contributed by atoms with van der Waals surface area (Å²) in [5, 5.41) is 10.5. The quantitative estimate of drug-likeness (QED) is 0.360. The number of anilines is 1. The van der Waals surface area contributed by atoms with Crippen LogP contribution in [0, 0.1) is 0 Å². The average molecular weight is 467 g/mol. The maximum Gasteiger partial charge on any atom is 0.159 e. The molecule has 0 radical (unpaired) electrons. The Bertz CT molecular complexity index is 1650. The highest BCUT2D eigenvalue weighted by molar-refractivity contribution is 7.13. The molecule has 0 amide bonds. The van der Waals surface area contributed by atoms with Crippen LogP contribution in [0.1, 0.15) is 0 Å². The lowest BCUT2D eigenvalue weighted by Gasteiger charge is -2.37. The summed E-state index contributed by atoms with van der Waals surface area (Å²) in [4.78, 5) is 29.6. The van der Waals surface area contributed by atoms with Crippen LogP contribution in [-0.4, -0.2) is 59.2 Å². The molecule has 7 rings (SSSR count). The first-order chi connectivity index (χ1) is 16.7. The molecule has 6 aromatic heterocycles. The van der Waals surface area contributed by atoms with Gasteiger partial charge in [0.2, 0.25) is 0 Å². The molecule has 1 aliphatic heterocycles. The monoisotopic (exact) mass is 466 g/mol. The topological polar surface area (TPSA) is 138 Å². The summed E-state index contributed by atoms with van der Waals surface area (Å²) in [5.74, 6) is 1.47. The van der Waals surface area contributed by atoms with Crippen molar-refractivity contribution >= 4 is 39.1 Å². The molecule has 0 spiro atoms. The van der Waals surface area contributed by atoms with E-state index in [0.29, 0.717) is 22.9 Å². The van der Waals surface area contributed by atoms with Gasteiger partial charge in [-0.3, -0.25) is 20.1 Å². The Hall–Kier alpha value is -4.22. The minimum atomic E-state index is 0.188. The second kappa shape index (κ2) is 7.40. The largest absolute Gasteiger partial charge is 0.352 e. The maximum atomic E-state index is 5.92. The lowest BCUT2D eigenvalue weighted by molar-refractivity contribution is 0.514. The third-order valence-corrected chi connectivity index (χ3v) is 6.87. The van der Waals surface area contributed by atoms with Crippen molar-refractivity contribution in [2.75, 3.05) is 18.0 Å². The Balaban J connectivity index is 1.31. The zero-order chi connectivity index (χ0) is 22.6. The van der Waals surface area contributed by atoms with Crippen LogP contribution in [0.2, 0.25) is 0 Å². The van der Waals surface area contributed by atoms with Gasteiger partial charge in [-0.05, 0) is 17.5 Å². The summed E-state index contributed by atoms with van der Waals surface area (Å²) < 4.78 is 0. The molecule has 7 heterocycles. The fourth-order valence-corrected chi connectivity index (χ4v) is 4.96. The number of aromatic amines is 2. The number of rotatable bonds is 4. The number of hydrogen-bond acceptors (Lipinski definition) is 9. The number of nitrogens with one attached hydrogen (secondary N) is 2. The Labute approximate surface area is 196 Å². The van der Waals surface area contributed by atoms with E-state index in [1.165, 1.54) is 0 Å². The molecule has 4 N–H and O–H groups in total. The van der Waals surface area contributed by atoms with Crippen LogP contribution in [-0.2, 0) is 0 Å². The van der Waals surface area contributed by atoms with Crippen molar-refractivity contribution in [3.05, 3.63) is 54.6 Å². The summed E-state index contributed by atoms with van der Waals surface area (Å²) in [6.07, 6.45) is 8.87. The molecule has 0 bridgehead atoms. The minimum absolute atomic E-state index is 0.188. The second-order valence-corrected chi connectivity index (χ2v) is 9.21. The maximum absolute atomic E-state index is 5.92. The molecular weight excluding hydrogens is 448 g/mol. The van der Waals surface area contributed by atoms with E-state index in [9.17, 15) is 0 Å². The molecule has 0 atom stereocenters. The number of nitrogens with two attached hydrogens (primary N) is 1. The third-order valence-electron chi connectivity index (χ3n) is 5.97. The SMILES string of the molecule is NC1CN(c2cncc(-c3cc4c(-c5nc6c(-c7cccs7)cncc6[nH]5)n[nH]c4cn3)n2)C1. The van der Waals surface area contributed by atoms with Crippen LogP contribution >= 0.6 is 11.3 Å². The van der Waals surface area contributed by atoms with Crippen molar-refractivity contribution in [1.82, 2.24) is 40.1 Å². The van der Waals surface area contributed by atoms with Crippen LogP contribution in [0.4, 0.5) is 5.82 Å². The van der Waals surface area contributed by atoms with Crippen molar-refractivity contribution < 1.29 is 0 Å². The summed E-state index contributed by atoms with van der Waals surface area (Å²) in [6.45, 7) is 1.57. The summed E-state index contributed by atoms with van der Waals surface area (Å²) in [6, 6.07) is 6.25. The van der Waals surface area contributed by atoms with E-state index in [2.05, 4.69) is 41.1 Å². The highest BCUT2D eigenvalue weighted by atomic mass is 32.1. The van der Waals surface area contributed by atoms with E-state index in [1.54, 1.807) is 36.1 Å². The Kier molecular flexibility index (Phi) is 4.19. The molecule has 6 aromatic rings. The predicted octanol–water partition coefficient (Wildman–Crippen LogP) is 3.23. The minimum Gasteiger partial charge on any atom is -0.352 e. The van der Waals surface area contributed by atoms with Crippen molar-refractivity contribution in [1.29, 1.82) is 0 Å². The van der Waals surface area contributed by atoms with Crippen LogP contribution < -0.4 is 10.6 Å². The molecule has 0 aromatic carbocycles. The zero-order valence-electron chi connectivity index (χ0n) is 17.8. The van der Waals surface area contributed by atoms with Crippen molar-refractivity contribution in [2.24, 2.45) is 5.73 Å².